The van der Waals surface area contributed by atoms with E-state index in [1.807, 2.05) is 13.0 Å². The van der Waals surface area contributed by atoms with Crippen LogP contribution in [-0.2, 0) is 6.42 Å². The summed E-state index contributed by atoms with van der Waals surface area (Å²) >= 11 is 0. The van der Waals surface area contributed by atoms with Gasteiger partial charge < -0.3 is 5.43 Å². The van der Waals surface area contributed by atoms with Crippen molar-refractivity contribution in [3.8, 4) is 0 Å². The molecule has 1 unspecified atom stereocenters. The molecular formula is C15H18N4. The normalized spacial score (nSPS) is 17.9. The molecular weight excluding hydrogens is 236 g/mol. The largest absolute Gasteiger partial charge is 0.308 e. The minimum Gasteiger partial charge on any atom is -0.308 e. The second kappa shape index (κ2) is 4.97. The first kappa shape index (κ1) is 12.1. The molecule has 0 bridgehead atoms. The number of aryl methyl sites for hydroxylation is 2. The Kier molecular flexibility index (Phi) is 3.17. The van der Waals surface area contributed by atoms with Crippen LogP contribution in [-0.4, -0.2) is 9.97 Å². The Hall–Kier alpha value is -1.94. The van der Waals surface area contributed by atoms with Crippen LogP contribution in [0.3, 0.4) is 0 Å². The van der Waals surface area contributed by atoms with Gasteiger partial charge >= 0.3 is 0 Å². The van der Waals surface area contributed by atoms with Gasteiger partial charge in [-0.3, -0.25) is 0 Å². The molecule has 4 nitrogen and oxygen atoms in total. The molecule has 0 amide bonds. The van der Waals surface area contributed by atoms with Gasteiger partial charge in [0.1, 0.15) is 11.6 Å². The van der Waals surface area contributed by atoms with Crippen molar-refractivity contribution in [2.24, 2.45) is 5.84 Å². The van der Waals surface area contributed by atoms with Crippen LogP contribution in [0, 0.1) is 6.92 Å². The lowest BCUT2D eigenvalue weighted by molar-refractivity contribution is 0.589. The van der Waals surface area contributed by atoms with Crippen LogP contribution in [0.4, 0.5) is 5.82 Å². The first-order chi connectivity index (χ1) is 9.28. The van der Waals surface area contributed by atoms with Gasteiger partial charge in [0.15, 0.2) is 0 Å². The molecule has 0 radical (unpaired) electrons. The molecule has 19 heavy (non-hydrogen) atoms. The molecule has 0 saturated carbocycles. The topological polar surface area (TPSA) is 63.8 Å². The zero-order valence-corrected chi connectivity index (χ0v) is 11.1. The first-order valence-corrected chi connectivity index (χ1v) is 6.68. The molecule has 1 aliphatic carbocycles. The third kappa shape index (κ3) is 2.31. The molecule has 2 aromatic rings. The number of hydrogen-bond donors (Lipinski definition) is 2. The molecule has 1 heterocycles. The number of benzene rings is 1. The maximum absolute atomic E-state index is 5.47. The van der Waals surface area contributed by atoms with Crippen molar-refractivity contribution in [3.63, 3.8) is 0 Å². The van der Waals surface area contributed by atoms with Crippen LogP contribution in [0.15, 0.2) is 30.3 Å². The number of fused-ring (bicyclic) bond motifs is 1. The average molecular weight is 254 g/mol. The maximum atomic E-state index is 5.47. The standard InChI is InChI=1S/C15H18N4/c1-10-9-14(19-16)18-15(17-10)13-8-4-6-11-5-2-3-7-12(11)13/h2-3,5,7,9,13H,4,6,8,16H2,1H3,(H,17,18,19). The van der Waals surface area contributed by atoms with Crippen molar-refractivity contribution in [1.29, 1.82) is 0 Å². The molecule has 0 fully saturated rings. The summed E-state index contributed by atoms with van der Waals surface area (Å²) < 4.78 is 0. The van der Waals surface area contributed by atoms with Crippen molar-refractivity contribution in [2.75, 3.05) is 5.43 Å². The monoisotopic (exact) mass is 254 g/mol. The van der Waals surface area contributed by atoms with E-state index in [-0.39, 0.29) is 5.92 Å². The van der Waals surface area contributed by atoms with Gasteiger partial charge in [-0.25, -0.2) is 15.8 Å². The van der Waals surface area contributed by atoms with Gasteiger partial charge in [0.05, 0.1) is 0 Å². The molecule has 4 heteroatoms. The van der Waals surface area contributed by atoms with E-state index in [4.69, 9.17) is 5.84 Å². The Balaban J connectivity index is 2.06. The Morgan fingerprint density at radius 2 is 2.11 bits per heavy atom. The van der Waals surface area contributed by atoms with E-state index < -0.39 is 0 Å². The summed E-state index contributed by atoms with van der Waals surface area (Å²) in [5, 5.41) is 0. The van der Waals surface area contributed by atoms with Crippen LogP contribution >= 0.6 is 0 Å². The Morgan fingerprint density at radius 1 is 1.26 bits per heavy atom. The Morgan fingerprint density at radius 3 is 2.95 bits per heavy atom. The molecule has 3 rings (SSSR count). The van der Waals surface area contributed by atoms with E-state index in [2.05, 4.69) is 39.7 Å². The van der Waals surface area contributed by atoms with Gasteiger partial charge in [-0.05, 0) is 37.3 Å². The lowest BCUT2D eigenvalue weighted by Crippen LogP contribution is -2.16. The number of hydrogen-bond acceptors (Lipinski definition) is 4. The van der Waals surface area contributed by atoms with Gasteiger partial charge in [0.25, 0.3) is 0 Å². The third-order valence-corrected chi connectivity index (χ3v) is 3.70. The quantitative estimate of drug-likeness (QED) is 0.638. The maximum Gasteiger partial charge on any atom is 0.143 e. The number of hydrazine groups is 1. The highest BCUT2D eigenvalue weighted by atomic mass is 15.3. The van der Waals surface area contributed by atoms with E-state index in [9.17, 15) is 0 Å². The molecule has 3 N–H and O–H groups in total. The summed E-state index contributed by atoms with van der Waals surface area (Å²) in [5.74, 6) is 7.32. The highest BCUT2D eigenvalue weighted by molar-refractivity contribution is 5.40. The van der Waals surface area contributed by atoms with Crippen molar-refractivity contribution < 1.29 is 0 Å². The van der Waals surface area contributed by atoms with Gasteiger partial charge in [-0.15, -0.1) is 0 Å². The van der Waals surface area contributed by atoms with Crippen LogP contribution in [0.1, 0.15) is 41.4 Å². The van der Waals surface area contributed by atoms with Gasteiger partial charge in [0.2, 0.25) is 0 Å². The molecule has 1 aliphatic rings. The molecule has 1 aromatic heterocycles. The molecule has 0 saturated heterocycles. The lowest BCUT2D eigenvalue weighted by Gasteiger charge is -2.24. The van der Waals surface area contributed by atoms with Crippen LogP contribution in [0.25, 0.3) is 0 Å². The predicted octanol–water partition coefficient (Wildman–Crippen LogP) is 2.54. The molecule has 1 atom stereocenters. The fourth-order valence-corrected chi connectivity index (χ4v) is 2.84. The average Bonchev–Trinajstić information content (AvgIpc) is 2.46. The highest BCUT2D eigenvalue weighted by Crippen LogP contribution is 2.35. The highest BCUT2D eigenvalue weighted by Gasteiger charge is 2.24. The van der Waals surface area contributed by atoms with E-state index in [1.54, 1.807) is 0 Å². The minimum atomic E-state index is 0.289. The van der Waals surface area contributed by atoms with Gasteiger partial charge in [-0.2, -0.15) is 0 Å². The summed E-state index contributed by atoms with van der Waals surface area (Å²) in [5.41, 5.74) is 6.35. The van der Waals surface area contributed by atoms with E-state index in [0.29, 0.717) is 5.82 Å². The lowest BCUT2D eigenvalue weighted by atomic mass is 9.82. The van der Waals surface area contributed by atoms with E-state index >= 15 is 0 Å². The number of nitrogens with one attached hydrogen (secondary N) is 1. The number of anilines is 1. The minimum absolute atomic E-state index is 0.289. The van der Waals surface area contributed by atoms with E-state index in [1.165, 1.54) is 17.5 Å². The summed E-state index contributed by atoms with van der Waals surface area (Å²) in [4.78, 5) is 9.13. The predicted molar refractivity (Wildman–Crippen MR) is 75.8 cm³/mol. The zero-order valence-electron chi connectivity index (χ0n) is 11.1. The number of rotatable bonds is 2. The Labute approximate surface area is 113 Å². The van der Waals surface area contributed by atoms with Gasteiger partial charge in [0, 0.05) is 17.7 Å². The van der Waals surface area contributed by atoms with Crippen molar-refractivity contribution >= 4 is 5.82 Å². The van der Waals surface area contributed by atoms with Crippen molar-refractivity contribution in [3.05, 3.63) is 53.0 Å². The van der Waals surface area contributed by atoms with Crippen molar-refractivity contribution in [1.82, 2.24) is 9.97 Å². The van der Waals surface area contributed by atoms with Crippen LogP contribution < -0.4 is 11.3 Å². The van der Waals surface area contributed by atoms with Crippen LogP contribution in [0.5, 0.6) is 0 Å². The second-order valence-electron chi connectivity index (χ2n) is 5.04. The number of nitrogens with zero attached hydrogens (tertiary/aromatic N) is 2. The number of nitrogen functional groups attached to an aromatic ring is 1. The molecule has 1 aromatic carbocycles. The third-order valence-electron chi connectivity index (χ3n) is 3.70. The second-order valence-corrected chi connectivity index (χ2v) is 5.04. The SMILES string of the molecule is Cc1cc(NN)nc(C2CCCc3ccccc32)n1. The fraction of sp³-hybridized carbons (Fsp3) is 0.333. The van der Waals surface area contributed by atoms with Crippen LogP contribution in [0.2, 0.25) is 0 Å². The summed E-state index contributed by atoms with van der Waals surface area (Å²) in [6.07, 6.45) is 3.44. The fourth-order valence-electron chi connectivity index (χ4n) is 2.84. The summed E-state index contributed by atoms with van der Waals surface area (Å²) in [7, 11) is 0. The van der Waals surface area contributed by atoms with Crippen molar-refractivity contribution in [2.45, 2.75) is 32.1 Å². The number of nitrogens with two attached hydrogens (primary N) is 1. The molecule has 98 valence electrons. The first-order valence-electron chi connectivity index (χ1n) is 6.68. The molecule has 0 aliphatic heterocycles. The zero-order chi connectivity index (χ0) is 13.2. The number of aromatic nitrogens is 2. The summed E-state index contributed by atoms with van der Waals surface area (Å²) in [6, 6.07) is 10.5. The Bertz CT molecular complexity index is 594. The summed E-state index contributed by atoms with van der Waals surface area (Å²) in [6.45, 7) is 1.97. The van der Waals surface area contributed by atoms with Gasteiger partial charge in [-0.1, -0.05) is 24.3 Å². The van der Waals surface area contributed by atoms with E-state index in [0.717, 1.165) is 24.4 Å². The smallest absolute Gasteiger partial charge is 0.143 e. The molecule has 0 spiro atoms.